The lowest BCUT2D eigenvalue weighted by Gasteiger charge is -2.18. The molecule has 0 aliphatic heterocycles. The molecule has 5 heteroatoms. The van der Waals surface area contributed by atoms with E-state index >= 15 is 0 Å². The average molecular weight is 303 g/mol. The van der Waals surface area contributed by atoms with E-state index in [0.29, 0.717) is 5.56 Å². The lowest BCUT2D eigenvalue weighted by atomic mass is 10.2. The minimum Gasteiger partial charge on any atom is -0.325 e. The van der Waals surface area contributed by atoms with Crippen LogP contribution in [-0.2, 0) is 6.54 Å². The fraction of sp³-hybridized carbons (Fsp3) is 0.500. The molecule has 1 saturated carbocycles. The largest absolute Gasteiger partial charge is 0.325 e. The first kappa shape index (κ1) is 14.4. The summed E-state index contributed by atoms with van der Waals surface area (Å²) in [5, 5.41) is 9.06. The molecule has 0 saturated heterocycles. The summed E-state index contributed by atoms with van der Waals surface area (Å²) < 4.78 is 2.16. The van der Waals surface area contributed by atoms with Crippen LogP contribution in [0.15, 0.2) is 18.2 Å². The Labute approximate surface area is 129 Å². The molecule has 1 aromatic carbocycles. The number of fused-ring (bicyclic) bond motifs is 1. The van der Waals surface area contributed by atoms with Gasteiger partial charge in [0.25, 0.3) is 0 Å². The number of rotatable bonds is 5. The molecule has 1 unspecified atom stereocenters. The molecule has 3 rings (SSSR count). The molecule has 110 valence electrons. The van der Waals surface area contributed by atoms with Crippen LogP contribution in [-0.4, -0.2) is 34.1 Å². The summed E-state index contributed by atoms with van der Waals surface area (Å²) >= 11 is 6.29. The normalized spacial score (nSPS) is 16.3. The van der Waals surface area contributed by atoms with Crippen LogP contribution in [0.5, 0.6) is 0 Å². The maximum atomic E-state index is 9.23. The smallest absolute Gasteiger partial charge is 0.127 e. The third kappa shape index (κ3) is 2.76. The van der Waals surface area contributed by atoms with Crippen molar-refractivity contribution in [2.24, 2.45) is 0 Å². The standard InChI is InChI=1S/C16H19ClN4/c1-11(17)16-19-15-12(10-18)4-3-5-14(15)21(16)9-8-20(2)13-6-7-13/h3-5,11,13H,6-9H2,1-2H3. The zero-order valence-corrected chi connectivity index (χ0v) is 13.1. The number of halogens is 1. The Balaban J connectivity index is 1.98. The molecule has 0 amide bonds. The predicted octanol–water partition coefficient (Wildman–Crippen LogP) is 3.30. The maximum absolute atomic E-state index is 9.23. The van der Waals surface area contributed by atoms with E-state index in [2.05, 4.69) is 27.6 Å². The minimum atomic E-state index is -0.171. The van der Waals surface area contributed by atoms with Crippen LogP contribution in [0, 0.1) is 11.3 Å². The van der Waals surface area contributed by atoms with Crippen LogP contribution in [0.25, 0.3) is 11.0 Å². The first-order chi connectivity index (χ1) is 10.1. The van der Waals surface area contributed by atoms with Crippen molar-refractivity contribution in [3.05, 3.63) is 29.6 Å². The minimum absolute atomic E-state index is 0.171. The third-order valence-electron chi connectivity index (χ3n) is 4.13. The zero-order valence-electron chi connectivity index (χ0n) is 12.4. The molecule has 1 aliphatic carbocycles. The highest BCUT2D eigenvalue weighted by molar-refractivity contribution is 6.20. The van der Waals surface area contributed by atoms with E-state index in [-0.39, 0.29) is 5.38 Å². The number of likely N-dealkylation sites (N-methyl/N-ethyl adjacent to an activating group) is 1. The van der Waals surface area contributed by atoms with Crippen molar-refractivity contribution in [1.82, 2.24) is 14.5 Å². The molecule has 4 nitrogen and oxygen atoms in total. The van der Waals surface area contributed by atoms with Crippen LogP contribution < -0.4 is 0 Å². The summed E-state index contributed by atoms with van der Waals surface area (Å²) in [5.74, 6) is 0.846. The molecule has 1 heterocycles. The SMILES string of the molecule is CC(Cl)c1nc2c(C#N)cccc2n1CCN(C)C1CC1. The Morgan fingerprint density at radius 1 is 1.52 bits per heavy atom. The second kappa shape index (κ2) is 5.67. The van der Waals surface area contributed by atoms with E-state index in [0.717, 1.165) is 36.0 Å². The topological polar surface area (TPSA) is 44.9 Å². The quantitative estimate of drug-likeness (QED) is 0.796. The number of nitriles is 1. The molecule has 21 heavy (non-hydrogen) atoms. The Hall–Kier alpha value is -1.57. The van der Waals surface area contributed by atoms with Crippen molar-refractivity contribution in [3.63, 3.8) is 0 Å². The molecule has 1 atom stereocenters. The van der Waals surface area contributed by atoms with Gasteiger partial charge in [-0.05, 0) is 38.9 Å². The molecule has 0 bridgehead atoms. The maximum Gasteiger partial charge on any atom is 0.127 e. The van der Waals surface area contributed by atoms with E-state index < -0.39 is 0 Å². The van der Waals surface area contributed by atoms with Gasteiger partial charge < -0.3 is 9.47 Å². The molecule has 2 aromatic rings. The van der Waals surface area contributed by atoms with Crippen LogP contribution in [0.3, 0.4) is 0 Å². The van der Waals surface area contributed by atoms with Crippen molar-refractivity contribution in [1.29, 1.82) is 5.26 Å². The lowest BCUT2D eigenvalue weighted by molar-refractivity contribution is 0.309. The van der Waals surface area contributed by atoms with Gasteiger partial charge in [0.05, 0.1) is 16.5 Å². The van der Waals surface area contributed by atoms with Gasteiger partial charge in [0.15, 0.2) is 0 Å². The van der Waals surface area contributed by atoms with Crippen LogP contribution in [0.1, 0.15) is 36.5 Å². The summed E-state index contributed by atoms with van der Waals surface area (Å²) in [6.45, 7) is 3.75. The van der Waals surface area contributed by atoms with Gasteiger partial charge in [-0.2, -0.15) is 5.26 Å². The van der Waals surface area contributed by atoms with Gasteiger partial charge >= 0.3 is 0 Å². The van der Waals surface area contributed by atoms with Gasteiger partial charge in [-0.1, -0.05) is 6.07 Å². The fourth-order valence-corrected chi connectivity index (χ4v) is 2.92. The number of para-hydroxylation sites is 1. The van der Waals surface area contributed by atoms with Crippen LogP contribution in [0.4, 0.5) is 0 Å². The molecule has 1 aromatic heterocycles. The summed E-state index contributed by atoms with van der Waals surface area (Å²) in [6.07, 6.45) is 2.61. The van der Waals surface area contributed by atoms with E-state index in [9.17, 15) is 5.26 Å². The summed E-state index contributed by atoms with van der Waals surface area (Å²) in [5.41, 5.74) is 2.37. The van der Waals surface area contributed by atoms with Gasteiger partial charge in [0, 0.05) is 19.1 Å². The van der Waals surface area contributed by atoms with Crippen molar-refractivity contribution in [2.45, 2.75) is 37.7 Å². The highest BCUT2D eigenvalue weighted by Crippen LogP contribution is 2.28. The number of benzene rings is 1. The summed E-state index contributed by atoms with van der Waals surface area (Å²) in [4.78, 5) is 7.00. The number of hydrogen-bond donors (Lipinski definition) is 0. The summed E-state index contributed by atoms with van der Waals surface area (Å²) in [7, 11) is 2.17. The van der Waals surface area contributed by atoms with Crippen molar-refractivity contribution >= 4 is 22.6 Å². The second-order valence-corrected chi connectivity index (χ2v) is 6.39. The Kier molecular flexibility index (Phi) is 3.88. The van der Waals surface area contributed by atoms with Gasteiger partial charge in [-0.25, -0.2) is 4.98 Å². The Morgan fingerprint density at radius 2 is 2.29 bits per heavy atom. The van der Waals surface area contributed by atoms with Crippen molar-refractivity contribution in [3.8, 4) is 6.07 Å². The Bertz CT molecular complexity index is 694. The molecular weight excluding hydrogens is 284 g/mol. The van der Waals surface area contributed by atoms with Crippen LogP contribution in [0.2, 0.25) is 0 Å². The van der Waals surface area contributed by atoms with E-state index in [1.807, 2.05) is 19.1 Å². The zero-order chi connectivity index (χ0) is 15.0. The molecule has 0 radical (unpaired) electrons. The molecule has 0 spiro atoms. The van der Waals surface area contributed by atoms with Crippen molar-refractivity contribution < 1.29 is 0 Å². The van der Waals surface area contributed by atoms with Gasteiger partial charge in [0.1, 0.15) is 17.4 Å². The summed E-state index contributed by atoms with van der Waals surface area (Å²) in [6, 6.07) is 8.69. The van der Waals surface area contributed by atoms with Gasteiger partial charge in [0.2, 0.25) is 0 Å². The monoisotopic (exact) mass is 302 g/mol. The van der Waals surface area contributed by atoms with E-state index in [1.165, 1.54) is 12.8 Å². The Morgan fingerprint density at radius 3 is 2.90 bits per heavy atom. The third-order valence-corrected chi connectivity index (χ3v) is 4.33. The van der Waals surface area contributed by atoms with Gasteiger partial charge in [-0.3, -0.25) is 0 Å². The first-order valence-electron chi connectivity index (χ1n) is 7.35. The second-order valence-electron chi connectivity index (χ2n) is 5.73. The van der Waals surface area contributed by atoms with Gasteiger partial charge in [-0.15, -0.1) is 11.6 Å². The number of alkyl halides is 1. The molecule has 1 fully saturated rings. The van der Waals surface area contributed by atoms with Crippen molar-refractivity contribution in [2.75, 3.05) is 13.6 Å². The number of aromatic nitrogens is 2. The molecule has 1 aliphatic rings. The average Bonchev–Trinajstić information content (AvgIpc) is 3.25. The fourth-order valence-electron chi connectivity index (χ4n) is 2.75. The highest BCUT2D eigenvalue weighted by Gasteiger charge is 2.26. The lowest BCUT2D eigenvalue weighted by Crippen LogP contribution is -2.25. The first-order valence-corrected chi connectivity index (χ1v) is 7.79. The van der Waals surface area contributed by atoms with E-state index in [4.69, 9.17) is 11.6 Å². The molecular formula is C16H19ClN4. The number of nitrogens with zero attached hydrogens (tertiary/aromatic N) is 4. The van der Waals surface area contributed by atoms with E-state index in [1.54, 1.807) is 6.07 Å². The highest BCUT2D eigenvalue weighted by atomic mass is 35.5. The number of hydrogen-bond acceptors (Lipinski definition) is 3. The number of imidazole rings is 1. The van der Waals surface area contributed by atoms with Crippen LogP contribution >= 0.6 is 11.6 Å². The molecule has 0 N–H and O–H groups in total. The predicted molar refractivity (Wildman–Crippen MR) is 84.4 cm³/mol.